The van der Waals surface area contributed by atoms with Crippen molar-refractivity contribution in [3.63, 3.8) is 0 Å². The van der Waals surface area contributed by atoms with E-state index in [9.17, 15) is 10.1 Å². The Kier molecular flexibility index (Phi) is 4.61. The van der Waals surface area contributed by atoms with E-state index in [1.54, 1.807) is 13.0 Å². The Labute approximate surface area is 106 Å². The number of aliphatic hydroxyl groups is 1. The van der Waals surface area contributed by atoms with Gasteiger partial charge in [-0.3, -0.25) is 10.1 Å². The molecule has 18 heavy (non-hydrogen) atoms. The molecule has 0 aliphatic heterocycles. The Morgan fingerprint density at radius 3 is 2.67 bits per heavy atom. The number of hydrogen-bond donors (Lipinski definition) is 2. The number of rotatable bonds is 6. The van der Waals surface area contributed by atoms with Crippen molar-refractivity contribution in [3.05, 3.63) is 27.9 Å². The van der Waals surface area contributed by atoms with Crippen molar-refractivity contribution < 1.29 is 10.0 Å². The van der Waals surface area contributed by atoms with E-state index in [0.717, 1.165) is 0 Å². The van der Waals surface area contributed by atoms with Crippen molar-refractivity contribution in [1.82, 2.24) is 4.98 Å². The number of pyridine rings is 1. The van der Waals surface area contributed by atoms with E-state index in [-0.39, 0.29) is 17.7 Å². The van der Waals surface area contributed by atoms with Crippen LogP contribution in [0.3, 0.4) is 0 Å². The number of aromatic nitrogens is 1. The van der Waals surface area contributed by atoms with Crippen molar-refractivity contribution in [2.75, 3.05) is 18.5 Å². The lowest BCUT2D eigenvalue weighted by molar-refractivity contribution is -0.385. The summed E-state index contributed by atoms with van der Waals surface area (Å²) in [6.45, 7) is 6.48. The molecule has 0 spiro atoms. The van der Waals surface area contributed by atoms with Gasteiger partial charge in [0.15, 0.2) is 0 Å². The maximum atomic E-state index is 10.7. The molecular weight excluding hydrogens is 234 g/mol. The highest BCUT2D eigenvalue weighted by atomic mass is 16.6. The van der Waals surface area contributed by atoms with Gasteiger partial charge in [0.25, 0.3) is 5.69 Å². The van der Waals surface area contributed by atoms with Gasteiger partial charge in [0.05, 0.1) is 4.92 Å². The molecule has 1 rings (SSSR count). The molecule has 0 aromatic carbocycles. The molecule has 100 valence electrons. The molecule has 0 fully saturated rings. The first-order valence-electron chi connectivity index (χ1n) is 5.82. The van der Waals surface area contributed by atoms with Crippen LogP contribution in [-0.2, 0) is 0 Å². The number of aliphatic hydroxyl groups excluding tert-OH is 1. The Bertz CT molecular complexity index is 433. The number of nitrogens with zero attached hydrogens (tertiary/aromatic N) is 2. The molecule has 6 heteroatoms. The fourth-order valence-corrected chi connectivity index (χ4v) is 1.57. The van der Waals surface area contributed by atoms with Crippen LogP contribution in [0.2, 0.25) is 0 Å². The average Bonchev–Trinajstić information content (AvgIpc) is 2.26. The van der Waals surface area contributed by atoms with Crippen molar-refractivity contribution >= 4 is 11.5 Å². The highest BCUT2D eigenvalue weighted by Gasteiger charge is 2.18. The topological polar surface area (TPSA) is 88.3 Å². The second kappa shape index (κ2) is 5.77. The van der Waals surface area contributed by atoms with Crippen LogP contribution in [0.25, 0.3) is 0 Å². The van der Waals surface area contributed by atoms with Gasteiger partial charge in [-0.1, -0.05) is 13.8 Å². The Morgan fingerprint density at radius 2 is 2.17 bits per heavy atom. The van der Waals surface area contributed by atoms with E-state index in [2.05, 4.69) is 10.3 Å². The van der Waals surface area contributed by atoms with Crippen LogP contribution in [0.5, 0.6) is 0 Å². The lowest BCUT2D eigenvalue weighted by Crippen LogP contribution is -2.24. The number of aryl methyl sites for hydroxylation is 1. The minimum atomic E-state index is -0.443. The third-order valence-electron chi connectivity index (χ3n) is 2.79. The third kappa shape index (κ3) is 3.96. The van der Waals surface area contributed by atoms with Gasteiger partial charge in [-0.05, 0) is 24.8 Å². The lowest BCUT2D eigenvalue weighted by atomic mass is 9.90. The average molecular weight is 253 g/mol. The van der Waals surface area contributed by atoms with Crippen LogP contribution in [0.4, 0.5) is 11.5 Å². The van der Waals surface area contributed by atoms with Crippen molar-refractivity contribution in [2.24, 2.45) is 5.41 Å². The fourth-order valence-electron chi connectivity index (χ4n) is 1.57. The Hall–Kier alpha value is -1.69. The molecule has 0 saturated carbocycles. The maximum Gasteiger partial charge on any atom is 0.290 e. The third-order valence-corrected chi connectivity index (χ3v) is 2.79. The summed E-state index contributed by atoms with van der Waals surface area (Å²) in [4.78, 5) is 14.4. The summed E-state index contributed by atoms with van der Waals surface area (Å²) in [6, 6.07) is 3.05. The van der Waals surface area contributed by atoms with Gasteiger partial charge < -0.3 is 10.4 Å². The van der Waals surface area contributed by atoms with Crippen LogP contribution < -0.4 is 5.32 Å². The van der Waals surface area contributed by atoms with Gasteiger partial charge >= 0.3 is 0 Å². The summed E-state index contributed by atoms with van der Waals surface area (Å²) in [5.74, 6) is 0.615. The van der Waals surface area contributed by atoms with Crippen molar-refractivity contribution in [1.29, 1.82) is 0 Å². The molecule has 1 heterocycles. The predicted octanol–water partition coefficient (Wildman–Crippen LogP) is 2.12. The summed E-state index contributed by atoms with van der Waals surface area (Å²) in [5.41, 5.74) is 0.367. The van der Waals surface area contributed by atoms with Crippen LogP contribution in [0.15, 0.2) is 12.1 Å². The van der Waals surface area contributed by atoms with Crippen LogP contribution in [0.1, 0.15) is 26.0 Å². The molecule has 0 atom stereocenters. The van der Waals surface area contributed by atoms with E-state index in [1.807, 2.05) is 13.8 Å². The molecular formula is C12H19N3O3. The van der Waals surface area contributed by atoms with Crippen LogP contribution >= 0.6 is 0 Å². The van der Waals surface area contributed by atoms with Gasteiger partial charge in [-0.15, -0.1) is 0 Å². The number of hydrogen-bond acceptors (Lipinski definition) is 5. The predicted molar refractivity (Wildman–Crippen MR) is 69.6 cm³/mol. The summed E-state index contributed by atoms with van der Waals surface area (Å²) in [6.07, 6.45) is 0.686. The Balaban J connectivity index is 2.70. The van der Waals surface area contributed by atoms with Crippen molar-refractivity contribution in [2.45, 2.75) is 27.2 Å². The zero-order valence-corrected chi connectivity index (χ0v) is 10.9. The molecule has 6 nitrogen and oxygen atoms in total. The van der Waals surface area contributed by atoms with Gasteiger partial charge in [-0.2, -0.15) is 0 Å². The second-order valence-corrected chi connectivity index (χ2v) is 5.05. The molecule has 0 aliphatic carbocycles. The largest absolute Gasteiger partial charge is 0.396 e. The second-order valence-electron chi connectivity index (χ2n) is 5.05. The first kappa shape index (κ1) is 14.4. The van der Waals surface area contributed by atoms with Gasteiger partial charge in [-0.25, -0.2) is 4.98 Å². The molecule has 2 N–H and O–H groups in total. The molecule has 0 amide bonds. The molecule has 0 bridgehead atoms. The maximum absolute atomic E-state index is 10.7. The quantitative estimate of drug-likeness (QED) is 0.598. The number of nitro groups is 1. The minimum absolute atomic E-state index is 0.0233. The van der Waals surface area contributed by atoms with Gasteiger partial charge in [0.1, 0.15) is 11.5 Å². The molecule has 0 unspecified atom stereocenters. The molecule has 1 aromatic rings. The summed E-state index contributed by atoms with van der Waals surface area (Å²) in [5, 5.41) is 22.7. The first-order chi connectivity index (χ1) is 8.35. The smallest absolute Gasteiger partial charge is 0.290 e. The van der Waals surface area contributed by atoms with Crippen molar-refractivity contribution in [3.8, 4) is 0 Å². The summed E-state index contributed by atoms with van der Waals surface area (Å²) < 4.78 is 0. The SMILES string of the molecule is Cc1nc(NCC(C)(C)CCO)ccc1[N+](=O)[O-]. The first-order valence-corrected chi connectivity index (χ1v) is 5.82. The standard InChI is InChI=1S/C12H19N3O3/c1-9-10(15(17)18)4-5-11(14-9)13-8-12(2,3)6-7-16/h4-5,16H,6-8H2,1-3H3,(H,13,14). The molecule has 1 aromatic heterocycles. The summed E-state index contributed by atoms with van der Waals surface area (Å²) in [7, 11) is 0. The van der Waals surface area contributed by atoms with Gasteiger partial charge in [0, 0.05) is 19.2 Å². The van der Waals surface area contributed by atoms with E-state index < -0.39 is 4.92 Å². The highest BCUT2D eigenvalue weighted by molar-refractivity contribution is 5.44. The zero-order chi connectivity index (χ0) is 13.8. The molecule has 0 saturated heterocycles. The van der Waals surface area contributed by atoms with Gasteiger partial charge in [0.2, 0.25) is 0 Å². The molecule has 0 aliphatic rings. The Morgan fingerprint density at radius 1 is 1.50 bits per heavy atom. The molecule has 0 radical (unpaired) electrons. The minimum Gasteiger partial charge on any atom is -0.396 e. The van der Waals surface area contributed by atoms with E-state index in [4.69, 9.17) is 5.11 Å². The van der Waals surface area contributed by atoms with E-state index in [1.165, 1.54) is 6.07 Å². The monoisotopic (exact) mass is 253 g/mol. The zero-order valence-electron chi connectivity index (χ0n) is 10.9. The van der Waals surface area contributed by atoms with Crippen LogP contribution in [0, 0.1) is 22.5 Å². The van der Waals surface area contributed by atoms with Crippen LogP contribution in [-0.4, -0.2) is 28.2 Å². The number of anilines is 1. The van der Waals surface area contributed by atoms with E-state index >= 15 is 0 Å². The summed E-state index contributed by atoms with van der Waals surface area (Å²) >= 11 is 0. The number of nitrogens with one attached hydrogen (secondary N) is 1. The normalized spacial score (nSPS) is 11.3. The highest BCUT2D eigenvalue weighted by Crippen LogP contribution is 2.22. The lowest BCUT2D eigenvalue weighted by Gasteiger charge is -2.24. The van der Waals surface area contributed by atoms with E-state index in [0.29, 0.717) is 24.5 Å². The fraction of sp³-hybridized carbons (Fsp3) is 0.583.